The van der Waals surface area contributed by atoms with E-state index in [1.807, 2.05) is 0 Å². The van der Waals surface area contributed by atoms with Crippen LogP contribution in [0.3, 0.4) is 0 Å². The number of halogens is 2. The Kier molecular flexibility index (Phi) is 4.15. The Morgan fingerprint density at radius 3 is 2.33 bits per heavy atom. The van der Waals surface area contributed by atoms with Gasteiger partial charge in [0, 0.05) is 6.04 Å². The SMILES string of the molecule is Cl.N[C@H]1CCC[C@@H](F)C1. The van der Waals surface area contributed by atoms with Crippen molar-refractivity contribution < 1.29 is 4.39 Å². The highest BCUT2D eigenvalue weighted by molar-refractivity contribution is 5.85. The molecule has 3 heteroatoms. The predicted molar refractivity (Wildman–Crippen MR) is 38.6 cm³/mol. The van der Waals surface area contributed by atoms with E-state index < -0.39 is 6.17 Å². The van der Waals surface area contributed by atoms with Gasteiger partial charge in [0.2, 0.25) is 0 Å². The minimum atomic E-state index is -0.612. The number of hydrogen-bond acceptors (Lipinski definition) is 1. The fourth-order valence-electron chi connectivity index (χ4n) is 1.17. The number of alkyl halides is 1. The number of rotatable bonds is 0. The van der Waals surface area contributed by atoms with Gasteiger partial charge in [-0.25, -0.2) is 4.39 Å². The average molecular weight is 154 g/mol. The van der Waals surface area contributed by atoms with Gasteiger partial charge in [-0.05, 0) is 25.7 Å². The third-order valence-electron chi connectivity index (χ3n) is 1.65. The van der Waals surface area contributed by atoms with Gasteiger partial charge in [-0.2, -0.15) is 0 Å². The van der Waals surface area contributed by atoms with E-state index in [0.29, 0.717) is 6.42 Å². The molecule has 0 radical (unpaired) electrons. The Bertz CT molecular complexity index is 71.5. The zero-order chi connectivity index (χ0) is 5.98. The highest BCUT2D eigenvalue weighted by Gasteiger charge is 2.17. The van der Waals surface area contributed by atoms with Gasteiger partial charge < -0.3 is 5.73 Å². The molecule has 1 aliphatic rings. The number of hydrogen-bond donors (Lipinski definition) is 1. The van der Waals surface area contributed by atoms with Gasteiger partial charge in [-0.15, -0.1) is 12.4 Å². The first-order valence-corrected chi connectivity index (χ1v) is 3.18. The van der Waals surface area contributed by atoms with Crippen LogP contribution in [0.4, 0.5) is 4.39 Å². The Hall–Kier alpha value is 0.180. The van der Waals surface area contributed by atoms with Gasteiger partial charge in [0.1, 0.15) is 6.17 Å². The minimum Gasteiger partial charge on any atom is -0.328 e. The van der Waals surface area contributed by atoms with E-state index in [1.54, 1.807) is 0 Å². The molecule has 0 saturated heterocycles. The van der Waals surface area contributed by atoms with Crippen LogP contribution in [-0.2, 0) is 0 Å². The molecule has 1 nitrogen and oxygen atoms in total. The molecule has 0 spiro atoms. The van der Waals surface area contributed by atoms with E-state index in [9.17, 15) is 4.39 Å². The molecule has 1 saturated carbocycles. The lowest BCUT2D eigenvalue weighted by atomic mass is 9.95. The van der Waals surface area contributed by atoms with Crippen molar-refractivity contribution in [2.24, 2.45) is 5.73 Å². The van der Waals surface area contributed by atoms with E-state index in [-0.39, 0.29) is 18.4 Å². The molecule has 0 aliphatic heterocycles. The van der Waals surface area contributed by atoms with Crippen LogP contribution >= 0.6 is 12.4 Å². The molecular weight excluding hydrogens is 141 g/mol. The molecule has 0 unspecified atom stereocenters. The number of nitrogens with two attached hydrogens (primary N) is 1. The van der Waals surface area contributed by atoms with Crippen molar-refractivity contribution in [3.63, 3.8) is 0 Å². The molecule has 1 fully saturated rings. The lowest BCUT2D eigenvalue weighted by Gasteiger charge is -2.19. The largest absolute Gasteiger partial charge is 0.328 e. The second-order valence-corrected chi connectivity index (χ2v) is 2.52. The van der Waals surface area contributed by atoms with Crippen molar-refractivity contribution in [3.8, 4) is 0 Å². The first-order chi connectivity index (χ1) is 3.79. The highest BCUT2D eigenvalue weighted by atomic mass is 35.5. The van der Waals surface area contributed by atoms with Crippen LogP contribution in [0.2, 0.25) is 0 Å². The second-order valence-electron chi connectivity index (χ2n) is 2.52. The predicted octanol–water partition coefficient (Wildman–Crippen LogP) is 1.65. The van der Waals surface area contributed by atoms with Gasteiger partial charge in [0.05, 0.1) is 0 Å². The molecule has 2 N–H and O–H groups in total. The van der Waals surface area contributed by atoms with Crippen molar-refractivity contribution in [1.29, 1.82) is 0 Å². The Labute approximate surface area is 61.2 Å². The van der Waals surface area contributed by atoms with Crippen molar-refractivity contribution in [1.82, 2.24) is 0 Å². The molecule has 0 aromatic rings. The smallest absolute Gasteiger partial charge is 0.102 e. The highest BCUT2D eigenvalue weighted by Crippen LogP contribution is 2.18. The van der Waals surface area contributed by atoms with Crippen LogP contribution in [-0.4, -0.2) is 12.2 Å². The zero-order valence-electron chi connectivity index (χ0n) is 5.35. The van der Waals surface area contributed by atoms with Gasteiger partial charge in [-0.3, -0.25) is 0 Å². The molecule has 9 heavy (non-hydrogen) atoms. The minimum absolute atomic E-state index is 0. The maximum atomic E-state index is 12.4. The zero-order valence-corrected chi connectivity index (χ0v) is 6.16. The summed E-state index contributed by atoms with van der Waals surface area (Å²) in [5, 5.41) is 0. The second kappa shape index (κ2) is 4.07. The Balaban J connectivity index is 0.000000640. The van der Waals surface area contributed by atoms with Crippen LogP contribution in [0.1, 0.15) is 25.7 Å². The summed E-state index contributed by atoms with van der Waals surface area (Å²) in [6.45, 7) is 0. The van der Waals surface area contributed by atoms with Gasteiger partial charge in [0.25, 0.3) is 0 Å². The summed E-state index contributed by atoms with van der Waals surface area (Å²) >= 11 is 0. The lowest BCUT2D eigenvalue weighted by Crippen LogP contribution is -2.28. The summed E-state index contributed by atoms with van der Waals surface area (Å²) in [5.41, 5.74) is 5.49. The van der Waals surface area contributed by atoms with Gasteiger partial charge in [-0.1, -0.05) is 0 Å². The van der Waals surface area contributed by atoms with Crippen LogP contribution < -0.4 is 5.73 Å². The topological polar surface area (TPSA) is 26.0 Å². The maximum Gasteiger partial charge on any atom is 0.102 e. The van der Waals surface area contributed by atoms with Gasteiger partial charge in [0.15, 0.2) is 0 Å². The van der Waals surface area contributed by atoms with Crippen LogP contribution in [0.5, 0.6) is 0 Å². The summed E-state index contributed by atoms with van der Waals surface area (Å²) in [4.78, 5) is 0. The molecule has 0 amide bonds. The summed E-state index contributed by atoms with van der Waals surface area (Å²) in [7, 11) is 0. The van der Waals surface area contributed by atoms with E-state index in [1.165, 1.54) is 0 Å². The summed E-state index contributed by atoms with van der Waals surface area (Å²) in [5.74, 6) is 0. The third kappa shape index (κ3) is 3.01. The van der Waals surface area contributed by atoms with Crippen LogP contribution in [0.15, 0.2) is 0 Å². The standard InChI is InChI=1S/C6H12FN.ClH/c7-5-2-1-3-6(8)4-5;/h5-6H,1-4,8H2;1H/t5-,6+;/m1./s1. The first kappa shape index (κ1) is 9.18. The molecule has 1 rings (SSSR count). The summed E-state index contributed by atoms with van der Waals surface area (Å²) in [6.07, 6.45) is 2.69. The van der Waals surface area contributed by atoms with Crippen LogP contribution in [0.25, 0.3) is 0 Å². The van der Waals surface area contributed by atoms with E-state index in [2.05, 4.69) is 0 Å². The summed E-state index contributed by atoms with van der Waals surface area (Å²) in [6, 6.07) is 0.138. The van der Waals surface area contributed by atoms with Crippen molar-refractivity contribution in [2.45, 2.75) is 37.9 Å². The van der Waals surface area contributed by atoms with E-state index in [0.717, 1.165) is 19.3 Å². The fraction of sp³-hybridized carbons (Fsp3) is 1.00. The normalized spacial score (nSPS) is 35.3. The van der Waals surface area contributed by atoms with Crippen molar-refractivity contribution in [2.75, 3.05) is 0 Å². The molecule has 2 atom stereocenters. The quantitative estimate of drug-likeness (QED) is 0.563. The van der Waals surface area contributed by atoms with Crippen molar-refractivity contribution >= 4 is 12.4 Å². The van der Waals surface area contributed by atoms with E-state index in [4.69, 9.17) is 5.73 Å². The molecule has 0 bridgehead atoms. The fourth-order valence-corrected chi connectivity index (χ4v) is 1.17. The third-order valence-corrected chi connectivity index (χ3v) is 1.65. The Morgan fingerprint density at radius 1 is 1.33 bits per heavy atom. The van der Waals surface area contributed by atoms with E-state index >= 15 is 0 Å². The average Bonchev–Trinajstić information content (AvgIpc) is 1.64. The van der Waals surface area contributed by atoms with Crippen molar-refractivity contribution in [3.05, 3.63) is 0 Å². The summed E-state index contributed by atoms with van der Waals surface area (Å²) < 4.78 is 12.4. The molecule has 56 valence electrons. The molecule has 0 heterocycles. The lowest BCUT2D eigenvalue weighted by molar-refractivity contribution is 0.232. The molecular formula is C6H13ClFN. The molecule has 0 aromatic carbocycles. The molecule has 0 aromatic heterocycles. The maximum absolute atomic E-state index is 12.4. The first-order valence-electron chi connectivity index (χ1n) is 3.18. The van der Waals surface area contributed by atoms with Crippen LogP contribution in [0, 0.1) is 0 Å². The Morgan fingerprint density at radius 2 is 2.00 bits per heavy atom. The monoisotopic (exact) mass is 153 g/mol. The van der Waals surface area contributed by atoms with Gasteiger partial charge >= 0.3 is 0 Å². The molecule has 1 aliphatic carbocycles.